The van der Waals surface area contributed by atoms with E-state index in [0.717, 1.165) is 67.6 Å². The van der Waals surface area contributed by atoms with Crippen molar-refractivity contribution in [3.05, 3.63) is 22.4 Å². The van der Waals surface area contributed by atoms with Crippen LogP contribution >= 0.6 is 0 Å². The molecule has 0 aromatic heterocycles. The number of nitrogens with zero attached hydrogens (tertiary/aromatic N) is 4. The molecule has 0 radical (unpaired) electrons. The fraction of sp³-hybridized carbons (Fsp3) is 0.667. The van der Waals surface area contributed by atoms with E-state index >= 15 is 0 Å². The van der Waals surface area contributed by atoms with E-state index in [1.807, 2.05) is 0 Å². The zero-order chi connectivity index (χ0) is 18.0. The zero-order valence-corrected chi connectivity index (χ0v) is 15.3. The molecule has 0 aromatic carbocycles. The highest BCUT2D eigenvalue weighted by molar-refractivity contribution is 5.53. The fourth-order valence-electron chi connectivity index (χ4n) is 4.75. The molecule has 0 spiro atoms. The summed E-state index contributed by atoms with van der Waals surface area (Å²) in [7, 11) is 0. The Morgan fingerprint density at radius 1 is 0.920 bits per heavy atom. The molecular weight excluding hydrogens is 308 g/mol. The molecule has 1 aliphatic heterocycles. The molecule has 4 nitrogen and oxygen atoms in total. The minimum absolute atomic E-state index is 0.0536. The summed E-state index contributed by atoms with van der Waals surface area (Å²) in [5.41, 5.74) is 3.94. The van der Waals surface area contributed by atoms with Crippen LogP contribution < -0.4 is 0 Å². The summed E-state index contributed by atoms with van der Waals surface area (Å²) >= 11 is 0. The molecule has 1 saturated heterocycles. The van der Waals surface area contributed by atoms with E-state index in [0.29, 0.717) is 0 Å². The molecule has 2 aliphatic carbocycles. The third kappa shape index (κ3) is 3.29. The van der Waals surface area contributed by atoms with E-state index in [2.05, 4.69) is 37.0 Å². The Hall–Kier alpha value is -2.25. The van der Waals surface area contributed by atoms with E-state index in [-0.39, 0.29) is 17.3 Å². The van der Waals surface area contributed by atoms with Crippen LogP contribution in [0.5, 0.6) is 0 Å². The van der Waals surface area contributed by atoms with Crippen molar-refractivity contribution in [2.24, 2.45) is 17.3 Å². The highest BCUT2D eigenvalue weighted by atomic mass is 15.2. The maximum absolute atomic E-state index is 9.98. The van der Waals surface area contributed by atoms with Gasteiger partial charge in [0.05, 0.1) is 29.5 Å². The molecule has 3 aliphatic rings. The first-order valence-electron chi connectivity index (χ1n) is 9.41. The summed E-state index contributed by atoms with van der Waals surface area (Å²) in [6.07, 6.45) is 6.59. The van der Waals surface area contributed by atoms with Crippen molar-refractivity contribution < 1.29 is 0 Å². The molecule has 0 aromatic rings. The van der Waals surface area contributed by atoms with Gasteiger partial charge in [0.2, 0.25) is 0 Å². The number of hydrogen-bond acceptors (Lipinski definition) is 4. The number of nitriles is 3. The molecule has 0 bridgehead atoms. The van der Waals surface area contributed by atoms with Crippen LogP contribution in [0.4, 0.5) is 0 Å². The van der Waals surface area contributed by atoms with Gasteiger partial charge >= 0.3 is 0 Å². The molecule has 1 saturated carbocycles. The lowest BCUT2D eigenvalue weighted by Gasteiger charge is -2.39. The second-order valence-corrected chi connectivity index (χ2v) is 8.37. The third-order valence-electron chi connectivity index (χ3n) is 5.89. The van der Waals surface area contributed by atoms with Crippen molar-refractivity contribution >= 4 is 0 Å². The van der Waals surface area contributed by atoms with Gasteiger partial charge < -0.3 is 4.90 Å². The first kappa shape index (κ1) is 17.6. The fourth-order valence-corrected chi connectivity index (χ4v) is 4.75. The Morgan fingerprint density at radius 3 is 2.04 bits per heavy atom. The molecule has 2 unspecified atom stereocenters. The SMILES string of the molecule is CC1(C)CC(=C2C(C#N)CCCC2C#N)C(C#N)=C(N2CCCC2)C1. The molecule has 130 valence electrons. The monoisotopic (exact) mass is 334 g/mol. The van der Waals surface area contributed by atoms with Gasteiger partial charge in [0.25, 0.3) is 0 Å². The van der Waals surface area contributed by atoms with E-state index < -0.39 is 0 Å². The lowest BCUT2D eigenvalue weighted by Crippen LogP contribution is -2.31. The molecule has 25 heavy (non-hydrogen) atoms. The van der Waals surface area contributed by atoms with Crippen LogP contribution in [0.2, 0.25) is 0 Å². The molecule has 2 atom stereocenters. The molecule has 4 heteroatoms. The standard InChI is InChI=1S/C21H26N4/c1-21(2)10-17(20-15(12-22)6-5-7-16(20)13-23)18(14-24)19(11-21)25-8-3-4-9-25/h15-16H,3-11H2,1-2H3. The summed E-state index contributed by atoms with van der Waals surface area (Å²) < 4.78 is 0. The highest BCUT2D eigenvalue weighted by Gasteiger charge is 2.39. The van der Waals surface area contributed by atoms with Gasteiger partial charge in [-0.15, -0.1) is 0 Å². The first-order valence-corrected chi connectivity index (χ1v) is 9.41. The van der Waals surface area contributed by atoms with E-state index in [4.69, 9.17) is 0 Å². The highest BCUT2D eigenvalue weighted by Crippen LogP contribution is 2.48. The zero-order valence-electron chi connectivity index (χ0n) is 15.3. The maximum Gasteiger partial charge on any atom is 0.101 e. The van der Waals surface area contributed by atoms with Crippen LogP contribution in [0, 0.1) is 51.2 Å². The van der Waals surface area contributed by atoms with E-state index in [9.17, 15) is 15.8 Å². The average Bonchev–Trinajstić information content (AvgIpc) is 3.14. The van der Waals surface area contributed by atoms with Gasteiger partial charge in [-0.05, 0) is 55.1 Å². The van der Waals surface area contributed by atoms with Gasteiger partial charge in [0, 0.05) is 18.8 Å². The Balaban J connectivity index is 2.20. The lowest BCUT2D eigenvalue weighted by atomic mass is 9.67. The quantitative estimate of drug-likeness (QED) is 0.710. The first-order chi connectivity index (χ1) is 12.0. The molecular formula is C21H26N4. The molecule has 0 amide bonds. The minimum Gasteiger partial charge on any atom is -0.374 e. The van der Waals surface area contributed by atoms with Crippen LogP contribution in [0.1, 0.15) is 58.8 Å². The third-order valence-corrected chi connectivity index (χ3v) is 5.89. The summed E-state index contributed by atoms with van der Waals surface area (Å²) in [6, 6.07) is 7.30. The average molecular weight is 334 g/mol. The lowest BCUT2D eigenvalue weighted by molar-refractivity contribution is 0.283. The Morgan fingerprint density at radius 2 is 1.52 bits per heavy atom. The molecule has 2 fully saturated rings. The summed E-state index contributed by atoms with van der Waals surface area (Å²) in [5.74, 6) is -0.434. The van der Waals surface area contributed by atoms with E-state index in [1.165, 1.54) is 12.8 Å². The van der Waals surface area contributed by atoms with Crippen molar-refractivity contribution in [1.29, 1.82) is 15.8 Å². The normalized spacial score (nSPS) is 29.2. The van der Waals surface area contributed by atoms with Crippen molar-refractivity contribution in [1.82, 2.24) is 4.90 Å². The second-order valence-electron chi connectivity index (χ2n) is 8.37. The number of hydrogen-bond donors (Lipinski definition) is 0. The van der Waals surface area contributed by atoms with Crippen LogP contribution in [0.3, 0.4) is 0 Å². The smallest absolute Gasteiger partial charge is 0.101 e. The second kappa shape index (κ2) is 6.93. The number of allylic oxidation sites excluding steroid dienone is 4. The predicted molar refractivity (Wildman–Crippen MR) is 95.5 cm³/mol. The molecule has 3 rings (SSSR count). The van der Waals surface area contributed by atoms with Gasteiger partial charge in [0.1, 0.15) is 6.07 Å². The van der Waals surface area contributed by atoms with Crippen molar-refractivity contribution in [3.63, 3.8) is 0 Å². The summed E-state index contributed by atoms with van der Waals surface area (Å²) in [4.78, 5) is 2.37. The van der Waals surface area contributed by atoms with Crippen molar-refractivity contribution in [2.75, 3.05) is 13.1 Å². The summed E-state index contributed by atoms with van der Waals surface area (Å²) in [6.45, 7) is 6.51. The molecule has 1 heterocycles. The van der Waals surface area contributed by atoms with Crippen LogP contribution in [-0.4, -0.2) is 18.0 Å². The minimum atomic E-state index is -0.217. The number of rotatable bonds is 1. The van der Waals surface area contributed by atoms with E-state index in [1.54, 1.807) is 0 Å². The van der Waals surface area contributed by atoms with Gasteiger partial charge in [0.15, 0.2) is 0 Å². The molecule has 0 N–H and O–H groups in total. The van der Waals surface area contributed by atoms with Crippen LogP contribution in [0.25, 0.3) is 0 Å². The Bertz CT molecular complexity index is 705. The van der Waals surface area contributed by atoms with Crippen molar-refractivity contribution in [2.45, 2.75) is 58.8 Å². The Labute approximate surface area is 151 Å². The predicted octanol–water partition coefficient (Wildman–Crippen LogP) is 4.44. The van der Waals surface area contributed by atoms with Crippen LogP contribution in [0.15, 0.2) is 22.4 Å². The van der Waals surface area contributed by atoms with Gasteiger partial charge in [-0.2, -0.15) is 15.8 Å². The maximum atomic E-state index is 9.98. The van der Waals surface area contributed by atoms with Crippen LogP contribution in [-0.2, 0) is 0 Å². The Kier molecular flexibility index (Phi) is 4.87. The summed E-state index contributed by atoms with van der Waals surface area (Å²) in [5, 5.41) is 29.3. The number of likely N-dealkylation sites (tertiary alicyclic amines) is 1. The van der Waals surface area contributed by atoms with Crippen molar-refractivity contribution in [3.8, 4) is 18.2 Å². The van der Waals surface area contributed by atoms with Gasteiger partial charge in [-0.1, -0.05) is 20.3 Å². The largest absolute Gasteiger partial charge is 0.374 e. The van der Waals surface area contributed by atoms with Gasteiger partial charge in [-0.25, -0.2) is 0 Å². The topological polar surface area (TPSA) is 74.6 Å². The van der Waals surface area contributed by atoms with Gasteiger partial charge in [-0.3, -0.25) is 0 Å².